The number of hydroxylamine groups is 1. The van der Waals surface area contributed by atoms with Crippen LogP contribution in [0.1, 0.15) is 29.8 Å². The van der Waals surface area contributed by atoms with Crippen molar-refractivity contribution in [2.24, 2.45) is 0 Å². The van der Waals surface area contributed by atoms with E-state index in [0.29, 0.717) is 5.56 Å². The molecule has 0 spiro atoms. The van der Waals surface area contributed by atoms with E-state index in [4.69, 9.17) is 9.57 Å². The predicted molar refractivity (Wildman–Crippen MR) is 114 cm³/mol. The van der Waals surface area contributed by atoms with Crippen LogP contribution in [-0.4, -0.2) is 50.7 Å². The highest BCUT2D eigenvalue weighted by atomic mass is 32.2. The molecule has 0 aromatic heterocycles. The molecule has 164 valence electrons. The number of amides is 2. The van der Waals surface area contributed by atoms with Crippen LogP contribution in [0.15, 0.2) is 60.7 Å². The molecule has 1 aliphatic heterocycles. The number of ether oxygens (including phenoxy) is 1. The molecule has 31 heavy (non-hydrogen) atoms. The minimum atomic E-state index is -1.19. The first-order valence-electron chi connectivity index (χ1n) is 9.65. The number of aliphatic hydroxyl groups is 1. The number of rotatable bonds is 7. The summed E-state index contributed by atoms with van der Waals surface area (Å²) in [4.78, 5) is 43.0. The summed E-state index contributed by atoms with van der Waals surface area (Å²) in [5.41, 5.74) is 2.21. The van der Waals surface area contributed by atoms with E-state index in [2.05, 4.69) is 5.48 Å². The molecule has 9 heteroatoms. The normalized spacial score (nSPS) is 19.6. The van der Waals surface area contributed by atoms with Crippen LogP contribution in [-0.2, 0) is 25.8 Å². The Kier molecular flexibility index (Phi) is 7.32. The summed E-state index contributed by atoms with van der Waals surface area (Å²) < 4.78 is 5.07. The molecule has 2 atom stereocenters. The zero-order valence-electron chi connectivity index (χ0n) is 17.2. The summed E-state index contributed by atoms with van der Waals surface area (Å²) in [5.74, 6) is -1.79. The van der Waals surface area contributed by atoms with Gasteiger partial charge in [-0.05, 0) is 31.5 Å². The third kappa shape index (κ3) is 5.63. The van der Waals surface area contributed by atoms with Gasteiger partial charge in [0.25, 0.3) is 11.8 Å². The number of aliphatic hydroxyl groups excluding tert-OH is 1. The number of benzene rings is 2. The van der Waals surface area contributed by atoms with Crippen molar-refractivity contribution >= 4 is 29.5 Å². The first-order chi connectivity index (χ1) is 14.8. The van der Waals surface area contributed by atoms with Gasteiger partial charge < -0.3 is 14.7 Å². The van der Waals surface area contributed by atoms with Crippen LogP contribution in [0.25, 0.3) is 0 Å². The van der Waals surface area contributed by atoms with Crippen molar-refractivity contribution in [3.63, 3.8) is 0 Å². The molecular weight excluding hydrogens is 420 g/mol. The fourth-order valence-corrected chi connectivity index (χ4v) is 4.50. The van der Waals surface area contributed by atoms with Crippen molar-refractivity contribution < 1.29 is 29.1 Å². The summed E-state index contributed by atoms with van der Waals surface area (Å²) >= 11 is 1.09. The topological polar surface area (TPSA) is 105 Å². The zero-order valence-corrected chi connectivity index (χ0v) is 18.0. The van der Waals surface area contributed by atoms with Crippen molar-refractivity contribution in [1.29, 1.82) is 0 Å². The Bertz CT molecular complexity index is 922. The van der Waals surface area contributed by atoms with Crippen molar-refractivity contribution in [3.8, 4) is 0 Å². The first kappa shape index (κ1) is 22.8. The molecule has 1 fully saturated rings. The third-order valence-corrected chi connectivity index (χ3v) is 5.92. The van der Waals surface area contributed by atoms with Gasteiger partial charge in [-0.2, -0.15) is 0 Å². The van der Waals surface area contributed by atoms with Crippen LogP contribution >= 0.6 is 11.8 Å². The van der Waals surface area contributed by atoms with Gasteiger partial charge in [0.05, 0.1) is 4.87 Å². The maximum atomic E-state index is 13.0. The third-order valence-electron chi connectivity index (χ3n) is 4.65. The summed E-state index contributed by atoms with van der Waals surface area (Å²) in [6, 6.07) is 16.5. The van der Waals surface area contributed by atoms with Crippen molar-refractivity contribution in [2.75, 3.05) is 6.61 Å². The predicted octanol–water partition coefficient (Wildman–Crippen LogP) is 2.09. The summed E-state index contributed by atoms with van der Waals surface area (Å²) in [6.45, 7) is 3.07. The van der Waals surface area contributed by atoms with Crippen LogP contribution in [0.5, 0.6) is 0 Å². The lowest BCUT2D eigenvalue weighted by Gasteiger charge is -2.33. The smallest absolute Gasteiger partial charge is 0.335 e. The van der Waals surface area contributed by atoms with Crippen LogP contribution in [0.3, 0.4) is 0 Å². The SMILES string of the molecule is CC1(C)S[C@H](O)[C@@H](C(=O)NOCC(=O)OCc2ccccc2)N1C(=O)c1ccccc1. The number of esters is 1. The number of nitrogens with one attached hydrogen (secondary N) is 1. The highest BCUT2D eigenvalue weighted by Gasteiger charge is 2.52. The molecule has 0 aliphatic carbocycles. The average Bonchev–Trinajstić information content (AvgIpc) is 3.01. The van der Waals surface area contributed by atoms with Crippen molar-refractivity contribution in [2.45, 2.75) is 36.8 Å². The quantitative estimate of drug-likeness (QED) is 0.498. The number of carbonyl (C=O) groups is 3. The Morgan fingerprint density at radius 1 is 1.06 bits per heavy atom. The van der Waals surface area contributed by atoms with Gasteiger partial charge in [0, 0.05) is 5.56 Å². The lowest BCUT2D eigenvalue weighted by Crippen LogP contribution is -2.54. The fraction of sp³-hybridized carbons (Fsp3) is 0.318. The molecule has 1 aliphatic rings. The van der Waals surface area contributed by atoms with E-state index in [0.717, 1.165) is 17.3 Å². The molecule has 0 radical (unpaired) electrons. The molecule has 0 saturated carbocycles. The number of nitrogens with zero attached hydrogens (tertiary/aromatic N) is 1. The minimum absolute atomic E-state index is 0.0858. The molecule has 0 bridgehead atoms. The Labute approximate surface area is 184 Å². The van der Waals surface area contributed by atoms with Crippen LogP contribution < -0.4 is 5.48 Å². The van der Waals surface area contributed by atoms with Gasteiger partial charge in [-0.1, -0.05) is 48.5 Å². The zero-order chi connectivity index (χ0) is 22.4. The van der Waals surface area contributed by atoms with Crippen LogP contribution in [0.2, 0.25) is 0 Å². The molecule has 2 aromatic rings. The molecule has 8 nitrogen and oxygen atoms in total. The summed E-state index contributed by atoms with van der Waals surface area (Å²) in [5, 5.41) is 10.4. The molecule has 2 amide bonds. The minimum Gasteiger partial charge on any atom is -0.459 e. The second-order valence-electron chi connectivity index (χ2n) is 7.34. The highest BCUT2D eigenvalue weighted by Crippen LogP contribution is 2.43. The second kappa shape index (κ2) is 9.95. The van der Waals surface area contributed by atoms with Gasteiger partial charge in [-0.15, -0.1) is 11.8 Å². The van der Waals surface area contributed by atoms with E-state index in [1.165, 1.54) is 4.90 Å². The van der Waals surface area contributed by atoms with Gasteiger partial charge in [0.1, 0.15) is 18.1 Å². The lowest BCUT2D eigenvalue weighted by atomic mass is 10.1. The maximum Gasteiger partial charge on any atom is 0.335 e. The highest BCUT2D eigenvalue weighted by molar-refractivity contribution is 8.01. The Hall–Kier alpha value is -2.88. The standard InChI is InChI=1S/C22H24N2O6S/c1-22(2)24(20(27)16-11-7-4-8-12-16)18(21(28)31-22)19(26)23-30-14-17(25)29-13-15-9-5-3-6-10-15/h3-12,18,21,28H,13-14H2,1-2H3,(H,23,26)/t18-,21+/m1/s1. The molecule has 3 rings (SSSR count). The van der Waals surface area contributed by atoms with E-state index in [9.17, 15) is 19.5 Å². The van der Waals surface area contributed by atoms with Gasteiger partial charge in [-0.3, -0.25) is 14.4 Å². The molecule has 2 N–H and O–H groups in total. The molecule has 0 unspecified atom stereocenters. The van der Waals surface area contributed by atoms with Crippen LogP contribution in [0, 0.1) is 0 Å². The summed E-state index contributed by atoms with van der Waals surface area (Å²) in [6.07, 6.45) is 0. The lowest BCUT2D eigenvalue weighted by molar-refractivity contribution is -0.157. The largest absolute Gasteiger partial charge is 0.459 e. The Morgan fingerprint density at radius 3 is 2.32 bits per heavy atom. The fourth-order valence-electron chi connectivity index (χ4n) is 3.22. The first-order valence-corrected chi connectivity index (χ1v) is 10.5. The maximum absolute atomic E-state index is 13.0. The average molecular weight is 445 g/mol. The van der Waals surface area contributed by atoms with E-state index in [1.54, 1.807) is 44.2 Å². The van der Waals surface area contributed by atoms with Crippen LogP contribution in [0.4, 0.5) is 0 Å². The van der Waals surface area contributed by atoms with E-state index >= 15 is 0 Å². The van der Waals surface area contributed by atoms with Gasteiger partial charge in [0.2, 0.25) is 0 Å². The monoisotopic (exact) mass is 444 g/mol. The van der Waals surface area contributed by atoms with Crippen molar-refractivity contribution in [1.82, 2.24) is 10.4 Å². The second-order valence-corrected chi connectivity index (χ2v) is 9.06. The van der Waals surface area contributed by atoms with Gasteiger partial charge in [0.15, 0.2) is 6.61 Å². The van der Waals surface area contributed by atoms with E-state index < -0.39 is 40.7 Å². The van der Waals surface area contributed by atoms with Crippen molar-refractivity contribution in [3.05, 3.63) is 71.8 Å². The number of carbonyl (C=O) groups excluding carboxylic acids is 3. The molecule has 1 saturated heterocycles. The molecular formula is C22H24N2O6S. The summed E-state index contributed by atoms with van der Waals surface area (Å²) in [7, 11) is 0. The number of hydrogen-bond acceptors (Lipinski definition) is 7. The van der Waals surface area contributed by atoms with Gasteiger partial charge >= 0.3 is 5.97 Å². The Morgan fingerprint density at radius 2 is 1.68 bits per heavy atom. The molecule has 1 heterocycles. The number of hydrogen-bond donors (Lipinski definition) is 2. The van der Waals surface area contributed by atoms with E-state index in [1.807, 2.05) is 30.3 Å². The van der Waals surface area contributed by atoms with Gasteiger partial charge in [-0.25, -0.2) is 10.3 Å². The Balaban J connectivity index is 1.57. The molecule has 2 aromatic carbocycles. The van der Waals surface area contributed by atoms with E-state index in [-0.39, 0.29) is 6.61 Å². The number of thioether (sulfide) groups is 1.